The van der Waals surface area contributed by atoms with Gasteiger partial charge in [0.05, 0.1) is 0 Å². The van der Waals surface area contributed by atoms with Crippen molar-refractivity contribution in [2.75, 3.05) is 33.2 Å². The second-order valence-corrected chi connectivity index (χ2v) is 4.97. The maximum absolute atomic E-state index is 3.51. The highest BCUT2D eigenvalue weighted by molar-refractivity contribution is 4.57. The van der Waals surface area contributed by atoms with Crippen molar-refractivity contribution in [3.63, 3.8) is 0 Å². The van der Waals surface area contributed by atoms with Crippen LogP contribution in [0.4, 0.5) is 0 Å². The lowest BCUT2D eigenvalue weighted by molar-refractivity contribution is 0.294. The van der Waals surface area contributed by atoms with Gasteiger partial charge in [0.15, 0.2) is 0 Å². The highest BCUT2D eigenvalue weighted by Gasteiger charge is 2.00. The normalized spacial score (nSPS) is 11.6. The van der Waals surface area contributed by atoms with E-state index in [-0.39, 0.29) is 0 Å². The summed E-state index contributed by atoms with van der Waals surface area (Å²) in [4.78, 5) is 2.41. The number of nitrogens with one attached hydrogen (secondary N) is 1. The molecule has 92 valence electrons. The molecule has 0 fully saturated rings. The summed E-state index contributed by atoms with van der Waals surface area (Å²) in [5.41, 5.74) is 0. The molecule has 0 atom stereocenters. The van der Waals surface area contributed by atoms with Crippen LogP contribution in [-0.2, 0) is 0 Å². The van der Waals surface area contributed by atoms with Gasteiger partial charge in [-0.15, -0.1) is 0 Å². The molecule has 0 bridgehead atoms. The standard InChI is InChI=1S/C13H30N2/c1-5-6-7-8-9-14-10-11-15(4)12-13(2)3/h13-14H,5-12H2,1-4H3. The third-order valence-electron chi connectivity index (χ3n) is 2.55. The van der Waals surface area contributed by atoms with Gasteiger partial charge < -0.3 is 10.2 Å². The zero-order valence-electron chi connectivity index (χ0n) is 11.2. The first kappa shape index (κ1) is 14.9. The summed E-state index contributed by atoms with van der Waals surface area (Å²) in [7, 11) is 2.21. The fourth-order valence-electron chi connectivity index (χ4n) is 1.79. The summed E-state index contributed by atoms with van der Waals surface area (Å²) < 4.78 is 0. The summed E-state index contributed by atoms with van der Waals surface area (Å²) in [6.45, 7) is 11.5. The second kappa shape index (κ2) is 10.4. The van der Waals surface area contributed by atoms with Crippen molar-refractivity contribution in [2.24, 2.45) is 5.92 Å². The van der Waals surface area contributed by atoms with Gasteiger partial charge in [0, 0.05) is 19.6 Å². The Hall–Kier alpha value is -0.0800. The monoisotopic (exact) mass is 214 g/mol. The molecule has 2 heteroatoms. The minimum absolute atomic E-state index is 0.777. The summed E-state index contributed by atoms with van der Waals surface area (Å²) in [5.74, 6) is 0.777. The van der Waals surface area contributed by atoms with E-state index in [0.29, 0.717) is 0 Å². The Morgan fingerprint density at radius 1 is 1.07 bits per heavy atom. The Morgan fingerprint density at radius 3 is 2.40 bits per heavy atom. The van der Waals surface area contributed by atoms with E-state index >= 15 is 0 Å². The Kier molecular flexibility index (Phi) is 10.4. The topological polar surface area (TPSA) is 15.3 Å². The molecule has 15 heavy (non-hydrogen) atoms. The summed E-state index contributed by atoms with van der Waals surface area (Å²) in [6, 6.07) is 0. The Labute approximate surface area is 96.4 Å². The first-order valence-corrected chi connectivity index (χ1v) is 6.56. The van der Waals surface area contributed by atoms with Crippen molar-refractivity contribution < 1.29 is 0 Å². The van der Waals surface area contributed by atoms with Crippen molar-refractivity contribution in [3.05, 3.63) is 0 Å². The van der Waals surface area contributed by atoms with E-state index in [4.69, 9.17) is 0 Å². The molecule has 0 aromatic rings. The summed E-state index contributed by atoms with van der Waals surface area (Å²) >= 11 is 0. The molecular formula is C13H30N2. The number of hydrogen-bond donors (Lipinski definition) is 1. The van der Waals surface area contributed by atoms with Crippen molar-refractivity contribution in [1.82, 2.24) is 10.2 Å². The third kappa shape index (κ3) is 11.8. The molecule has 0 spiro atoms. The summed E-state index contributed by atoms with van der Waals surface area (Å²) in [6.07, 6.45) is 5.43. The van der Waals surface area contributed by atoms with E-state index in [1.54, 1.807) is 0 Å². The molecule has 0 radical (unpaired) electrons. The average Bonchev–Trinajstić information content (AvgIpc) is 2.15. The van der Waals surface area contributed by atoms with Crippen LogP contribution in [0.15, 0.2) is 0 Å². The molecule has 1 N–H and O–H groups in total. The van der Waals surface area contributed by atoms with E-state index < -0.39 is 0 Å². The minimum Gasteiger partial charge on any atom is -0.315 e. The number of likely N-dealkylation sites (N-methyl/N-ethyl adjacent to an activating group) is 1. The molecule has 0 heterocycles. The number of hydrogen-bond acceptors (Lipinski definition) is 2. The van der Waals surface area contributed by atoms with Gasteiger partial charge in [-0.3, -0.25) is 0 Å². The molecular weight excluding hydrogens is 184 g/mol. The molecule has 0 saturated heterocycles. The van der Waals surface area contributed by atoms with Gasteiger partial charge >= 0.3 is 0 Å². The van der Waals surface area contributed by atoms with Gasteiger partial charge in [-0.1, -0.05) is 40.0 Å². The third-order valence-corrected chi connectivity index (χ3v) is 2.55. The fourth-order valence-corrected chi connectivity index (χ4v) is 1.79. The van der Waals surface area contributed by atoms with Gasteiger partial charge in [-0.25, -0.2) is 0 Å². The maximum atomic E-state index is 3.51. The van der Waals surface area contributed by atoms with Crippen molar-refractivity contribution in [3.8, 4) is 0 Å². The molecule has 0 aliphatic heterocycles. The number of rotatable bonds is 10. The molecule has 0 aliphatic carbocycles. The largest absolute Gasteiger partial charge is 0.315 e. The highest BCUT2D eigenvalue weighted by Crippen LogP contribution is 1.97. The summed E-state index contributed by atoms with van der Waals surface area (Å²) in [5, 5.41) is 3.51. The molecule has 0 saturated carbocycles. The van der Waals surface area contributed by atoms with Crippen LogP contribution in [0, 0.1) is 5.92 Å². The van der Waals surface area contributed by atoms with Gasteiger partial charge in [0.1, 0.15) is 0 Å². The predicted molar refractivity (Wildman–Crippen MR) is 69.3 cm³/mol. The van der Waals surface area contributed by atoms with E-state index in [0.717, 1.165) is 12.5 Å². The maximum Gasteiger partial charge on any atom is 0.0104 e. The van der Waals surface area contributed by atoms with Gasteiger partial charge in [-0.2, -0.15) is 0 Å². The van der Waals surface area contributed by atoms with E-state index in [9.17, 15) is 0 Å². The first-order valence-electron chi connectivity index (χ1n) is 6.56. The molecule has 0 unspecified atom stereocenters. The molecule has 0 aliphatic rings. The molecule has 0 amide bonds. The molecule has 2 nitrogen and oxygen atoms in total. The average molecular weight is 214 g/mol. The van der Waals surface area contributed by atoms with Crippen LogP contribution in [0.3, 0.4) is 0 Å². The van der Waals surface area contributed by atoms with Gasteiger partial charge in [0.25, 0.3) is 0 Å². The fraction of sp³-hybridized carbons (Fsp3) is 1.00. The first-order chi connectivity index (χ1) is 7.16. The van der Waals surface area contributed by atoms with Crippen LogP contribution in [0.5, 0.6) is 0 Å². The Bertz CT molecular complexity index is 124. The second-order valence-electron chi connectivity index (χ2n) is 4.97. The number of unbranched alkanes of at least 4 members (excludes halogenated alkanes) is 3. The van der Waals surface area contributed by atoms with Crippen molar-refractivity contribution >= 4 is 0 Å². The van der Waals surface area contributed by atoms with E-state index in [1.165, 1.54) is 45.3 Å². The van der Waals surface area contributed by atoms with Crippen LogP contribution in [-0.4, -0.2) is 38.1 Å². The molecule has 0 rings (SSSR count). The zero-order chi connectivity index (χ0) is 11.5. The van der Waals surface area contributed by atoms with Crippen molar-refractivity contribution in [1.29, 1.82) is 0 Å². The van der Waals surface area contributed by atoms with Gasteiger partial charge in [-0.05, 0) is 25.9 Å². The van der Waals surface area contributed by atoms with Crippen LogP contribution < -0.4 is 5.32 Å². The predicted octanol–water partition coefficient (Wildman–Crippen LogP) is 2.74. The molecule has 0 aromatic heterocycles. The van der Waals surface area contributed by atoms with E-state index in [2.05, 4.69) is 38.0 Å². The van der Waals surface area contributed by atoms with Crippen LogP contribution in [0.25, 0.3) is 0 Å². The van der Waals surface area contributed by atoms with Crippen LogP contribution in [0.1, 0.15) is 46.5 Å². The van der Waals surface area contributed by atoms with Crippen LogP contribution >= 0.6 is 0 Å². The van der Waals surface area contributed by atoms with Gasteiger partial charge in [0.2, 0.25) is 0 Å². The zero-order valence-corrected chi connectivity index (χ0v) is 11.2. The Balaban J connectivity index is 3.09. The lowest BCUT2D eigenvalue weighted by atomic mass is 10.2. The quantitative estimate of drug-likeness (QED) is 0.563. The minimum atomic E-state index is 0.777. The SMILES string of the molecule is CCCCCCNCCN(C)CC(C)C. The smallest absolute Gasteiger partial charge is 0.0104 e. The lowest BCUT2D eigenvalue weighted by Crippen LogP contribution is -2.32. The lowest BCUT2D eigenvalue weighted by Gasteiger charge is -2.18. The van der Waals surface area contributed by atoms with E-state index in [1.807, 2.05) is 0 Å². The number of nitrogens with zero attached hydrogens (tertiary/aromatic N) is 1. The van der Waals surface area contributed by atoms with Crippen LogP contribution in [0.2, 0.25) is 0 Å². The Morgan fingerprint density at radius 2 is 1.80 bits per heavy atom. The molecule has 0 aromatic carbocycles. The highest BCUT2D eigenvalue weighted by atomic mass is 15.1. The van der Waals surface area contributed by atoms with Crippen molar-refractivity contribution in [2.45, 2.75) is 46.5 Å².